The van der Waals surface area contributed by atoms with Crippen LogP contribution >= 0.6 is 23.2 Å². The van der Waals surface area contributed by atoms with Crippen molar-refractivity contribution in [2.75, 3.05) is 6.61 Å². The lowest BCUT2D eigenvalue weighted by Gasteiger charge is -2.27. The van der Waals surface area contributed by atoms with E-state index < -0.39 is 6.04 Å². The van der Waals surface area contributed by atoms with E-state index in [2.05, 4.69) is 10.2 Å². The molecule has 3 aromatic carbocycles. The number of hydrogen-bond acceptors (Lipinski definition) is 4. The second kappa shape index (κ2) is 9.05. The predicted octanol–water partition coefficient (Wildman–Crippen LogP) is 6.23. The second-order valence-electron chi connectivity index (χ2n) is 7.95. The van der Waals surface area contributed by atoms with Crippen molar-refractivity contribution in [1.82, 2.24) is 15.1 Å². The topological polar surface area (TPSA) is 78.5 Å². The average Bonchev–Trinajstić information content (AvgIpc) is 3.37. The fraction of sp³-hybridized carbons (Fsp3) is 0.154. The summed E-state index contributed by atoms with van der Waals surface area (Å²) in [6.07, 6.45) is 0. The molecule has 6 nitrogen and oxygen atoms in total. The van der Waals surface area contributed by atoms with E-state index in [1.165, 1.54) is 0 Å². The first-order chi connectivity index (χ1) is 16.5. The second-order valence-corrected chi connectivity index (χ2v) is 8.80. The van der Waals surface area contributed by atoms with Gasteiger partial charge in [0.2, 0.25) is 0 Å². The van der Waals surface area contributed by atoms with Crippen molar-refractivity contribution in [2.24, 2.45) is 0 Å². The molecule has 1 amide bonds. The number of benzene rings is 3. The highest BCUT2D eigenvalue weighted by Gasteiger charge is 2.42. The number of hydrogen-bond donors (Lipinski definition) is 2. The SMILES string of the molecule is CCOc1cc(C2c3c(-c4ccc(Cl)cc4)n[nH]c3C(=O)N2Cc2ccccc2Cl)ccc1O. The Bertz CT molecular complexity index is 1370. The Balaban J connectivity index is 1.67. The van der Waals surface area contributed by atoms with E-state index in [9.17, 15) is 9.90 Å². The summed E-state index contributed by atoms with van der Waals surface area (Å²) in [4.78, 5) is 15.3. The maximum Gasteiger partial charge on any atom is 0.273 e. The molecule has 34 heavy (non-hydrogen) atoms. The zero-order valence-electron chi connectivity index (χ0n) is 18.3. The van der Waals surface area contributed by atoms with Crippen LogP contribution in [0.3, 0.4) is 0 Å². The number of ether oxygens (including phenoxy) is 1. The first-order valence-electron chi connectivity index (χ1n) is 10.8. The van der Waals surface area contributed by atoms with E-state index >= 15 is 0 Å². The average molecular weight is 494 g/mol. The van der Waals surface area contributed by atoms with Crippen LogP contribution in [-0.2, 0) is 6.54 Å². The van der Waals surface area contributed by atoms with Crippen LogP contribution in [0.5, 0.6) is 11.5 Å². The van der Waals surface area contributed by atoms with Gasteiger partial charge in [0.15, 0.2) is 11.5 Å². The Morgan fingerprint density at radius 3 is 2.59 bits per heavy atom. The molecule has 0 spiro atoms. The number of phenols is 1. The maximum absolute atomic E-state index is 13.6. The summed E-state index contributed by atoms with van der Waals surface area (Å²) < 4.78 is 5.62. The van der Waals surface area contributed by atoms with Crippen molar-refractivity contribution in [3.8, 4) is 22.8 Å². The standard InChI is InChI=1S/C26H21Cl2N3O3/c1-2-34-21-13-16(9-12-20(21)32)25-22-23(15-7-10-18(27)11-8-15)29-30-24(22)26(33)31(25)14-17-5-3-4-6-19(17)28/h3-13,25,32H,2,14H2,1H3,(H,29,30). The number of aromatic nitrogens is 2. The van der Waals surface area contributed by atoms with Gasteiger partial charge in [0.25, 0.3) is 5.91 Å². The Labute approximate surface area is 206 Å². The summed E-state index contributed by atoms with van der Waals surface area (Å²) in [7, 11) is 0. The third-order valence-corrected chi connectivity index (χ3v) is 6.50. The summed E-state index contributed by atoms with van der Waals surface area (Å²) in [5, 5.41) is 18.9. The zero-order valence-corrected chi connectivity index (χ0v) is 19.8. The highest BCUT2D eigenvalue weighted by atomic mass is 35.5. The minimum absolute atomic E-state index is 0.0397. The number of halogens is 2. The number of fused-ring (bicyclic) bond motifs is 1. The Kier molecular flexibility index (Phi) is 5.94. The van der Waals surface area contributed by atoms with Gasteiger partial charge in [-0.2, -0.15) is 5.10 Å². The number of carbonyl (C=O) groups is 1. The molecule has 0 fully saturated rings. The maximum atomic E-state index is 13.6. The molecule has 2 heterocycles. The fourth-order valence-electron chi connectivity index (χ4n) is 4.32. The molecule has 0 bridgehead atoms. The normalized spacial score (nSPS) is 15.0. The predicted molar refractivity (Wildman–Crippen MR) is 131 cm³/mol. The summed E-state index contributed by atoms with van der Waals surface area (Å²) in [6.45, 7) is 2.55. The molecule has 8 heteroatoms. The number of phenolic OH excluding ortho intramolecular Hbond substituents is 1. The molecule has 4 aromatic rings. The van der Waals surface area contributed by atoms with Crippen molar-refractivity contribution < 1.29 is 14.6 Å². The molecule has 1 aliphatic rings. The molecule has 5 rings (SSSR count). The fourth-order valence-corrected chi connectivity index (χ4v) is 4.64. The molecular weight excluding hydrogens is 473 g/mol. The van der Waals surface area contributed by atoms with E-state index in [1.807, 2.05) is 37.3 Å². The van der Waals surface area contributed by atoms with Gasteiger partial charge in [0.05, 0.1) is 18.3 Å². The molecule has 0 saturated carbocycles. The summed E-state index contributed by atoms with van der Waals surface area (Å²) in [5.74, 6) is 0.215. The largest absolute Gasteiger partial charge is 0.504 e. The quantitative estimate of drug-likeness (QED) is 0.333. The lowest BCUT2D eigenvalue weighted by Crippen LogP contribution is -2.29. The minimum Gasteiger partial charge on any atom is -0.504 e. The first-order valence-corrected chi connectivity index (χ1v) is 11.6. The van der Waals surface area contributed by atoms with Crippen molar-refractivity contribution >= 4 is 29.1 Å². The summed E-state index contributed by atoms with van der Waals surface area (Å²) in [6, 6.07) is 19.5. The van der Waals surface area contributed by atoms with E-state index in [0.717, 1.165) is 22.3 Å². The number of nitrogens with zero attached hydrogens (tertiary/aromatic N) is 2. The Morgan fingerprint density at radius 2 is 1.85 bits per heavy atom. The van der Waals surface area contributed by atoms with Gasteiger partial charge in [-0.15, -0.1) is 0 Å². The Hall–Kier alpha value is -3.48. The van der Waals surface area contributed by atoms with Gasteiger partial charge in [-0.3, -0.25) is 9.89 Å². The van der Waals surface area contributed by atoms with E-state index in [0.29, 0.717) is 40.3 Å². The van der Waals surface area contributed by atoms with Crippen molar-refractivity contribution in [2.45, 2.75) is 19.5 Å². The number of carbonyl (C=O) groups excluding carboxylic acids is 1. The number of rotatable bonds is 6. The zero-order chi connectivity index (χ0) is 23.8. The monoisotopic (exact) mass is 493 g/mol. The third kappa shape index (κ3) is 3.89. The van der Waals surface area contributed by atoms with E-state index in [4.69, 9.17) is 27.9 Å². The van der Waals surface area contributed by atoms with Gasteiger partial charge in [-0.1, -0.05) is 59.6 Å². The molecule has 172 valence electrons. The Morgan fingerprint density at radius 1 is 1.09 bits per heavy atom. The van der Waals surface area contributed by atoms with Crippen LogP contribution in [-0.4, -0.2) is 32.7 Å². The molecule has 1 aliphatic heterocycles. The van der Waals surface area contributed by atoms with Crippen molar-refractivity contribution in [1.29, 1.82) is 0 Å². The lowest BCUT2D eigenvalue weighted by molar-refractivity contribution is 0.0730. The van der Waals surface area contributed by atoms with Crippen molar-refractivity contribution in [3.05, 3.63) is 99.2 Å². The van der Waals surface area contributed by atoms with Gasteiger partial charge >= 0.3 is 0 Å². The molecule has 2 N–H and O–H groups in total. The van der Waals surface area contributed by atoms with Gasteiger partial charge in [-0.05, 0) is 48.4 Å². The molecule has 1 atom stereocenters. The molecular formula is C26H21Cl2N3O3. The highest BCUT2D eigenvalue weighted by molar-refractivity contribution is 6.31. The molecule has 1 unspecified atom stereocenters. The van der Waals surface area contributed by atoms with E-state index in [-0.39, 0.29) is 11.7 Å². The summed E-state index contributed by atoms with van der Waals surface area (Å²) in [5.41, 5.74) is 4.30. The molecule has 0 aliphatic carbocycles. The van der Waals surface area contributed by atoms with Crippen LogP contribution in [0.15, 0.2) is 66.7 Å². The number of amides is 1. The van der Waals surface area contributed by atoms with E-state index in [1.54, 1.807) is 41.3 Å². The number of H-pyrrole nitrogens is 1. The van der Waals surface area contributed by atoms with Gasteiger partial charge in [-0.25, -0.2) is 0 Å². The van der Waals surface area contributed by atoms with Crippen LogP contribution in [0, 0.1) is 0 Å². The van der Waals surface area contributed by atoms with Crippen LogP contribution in [0.1, 0.15) is 40.1 Å². The first kappa shape index (κ1) is 22.3. The van der Waals surface area contributed by atoms with Crippen LogP contribution in [0.25, 0.3) is 11.3 Å². The lowest BCUT2D eigenvalue weighted by atomic mass is 9.95. The van der Waals surface area contributed by atoms with Crippen LogP contribution in [0.4, 0.5) is 0 Å². The summed E-state index contributed by atoms with van der Waals surface area (Å²) >= 11 is 12.5. The van der Waals surface area contributed by atoms with Gasteiger partial charge in [0, 0.05) is 27.7 Å². The number of nitrogens with one attached hydrogen (secondary N) is 1. The van der Waals surface area contributed by atoms with Gasteiger partial charge in [0.1, 0.15) is 5.69 Å². The number of aromatic amines is 1. The third-order valence-electron chi connectivity index (χ3n) is 5.88. The molecule has 0 saturated heterocycles. The smallest absolute Gasteiger partial charge is 0.273 e. The van der Waals surface area contributed by atoms with Crippen molar-refractivity contribution in [3.63, 3.8) is 0 Å². The highest BCUT2D eigenvalue weighted by Crippen LogP contribution is 2.45. The van der Waals surface area contributed by atoms with Crippen LogP contribution < -0.4 is 4.74 Å². The molecule has 0 radical (unpaired) electrons. The minimum atomic E-state index is -0.469. The number of aromatic hydroxyl groups is 1. The van der Waals surface area contributed by atoms with Gasteiger partial charge < -0.3 is 14.7 Å². The van der Waals surface area contributed by atoms with Crippen LogP contribution in [0.2, 0.25) is 10.0 Å². The molecule has 1 aromatic heterocycles.